The number of phenolic OH excluding ortho intramolecular Hbond substituents is 1. The second-order valence-corrected chi connectivity index (χ2v) is 6.69. The highest BCUT2D eigenvalue weighted by Crippen LogP contribution is 2.40. The molecular formula is C16H18ClO2P. The molecule has 0 spiro atoms. The van der Waals surface area contributed by atoms with Crippen LogP contribution in [0, 0.1) is 0 Å². The van der Waals surface area contributed by atoms with Gasteiger partial charge in [-0.15, -0.1) is 9.24 Å². The first-order valence-corrected chi connectivity index (χ1v) is 7.30. The lowest BCUT2D eigenvalue weighted by Gasteiger charge is -2.24. The molecule has 0 bridgehead atoms. The number of phenols is 1. The second kappa shape index (κ2) is 5.63. The zero-order valence-corrected chi connectivity index (χ0v) is 13.7. The Morgan fingerprint density at radius 2 is 1.75 bits per heavy atom. The van der Waals surface area contributed by atoms with Crippen LogP contribution < -0.4 is 10.0 Å². The van der Waals surface area contributed by atoms with E-state index in [0.29, 0.717) is 16.5 Å². The molecule has 2 rings (SSSR count). The van der Waals surface area contributed by atoms with Crippen molar-refractivity contribution in [1.82, 2.24) is 0 Å². The first-order chi connectivity index (χ1) is 9.30. The van der Waals surface area contributed by atoms with Gasteiger partial charge in [0.2, 0.25) is 0 Å². The number of para-hydroxylation sites is 1. The zero-order chi connectivity index (χ0) is 14.9. The zero-order valence-electron chi connectivity index (χ0n) is 11.8. The average molecular weight is 309 g/mol. The molecule has 1 unspecified atom stereocenters. The molecule has 0 heterocycles. The van der Waals surface area contributed by atoms with E-state index in [1.165, 1.54) is 0 Å². The second-order valence-electron chi connectivity index (χ2n) is 5.66. The molecule has 2 aromatic carbocycles. The van der Waals surface area contributed by atoms with E-state index in [-0.39, 0.29) is 11.2 Å². The van der Waals surface area contributed by atoms with Gasteiger partial charge in [0.25, 0.3) is 0 Å². The number of hydrogen-bond acceptors (Lipinski definition) is 2. The van der Waals surface area contributed by atoms with Gasteiger partial charge in [-0.25, -0.2) is 0 Å². The van der Waals surface area contributed by atoms with Crippen LogP contribution in [0.5, 0.6) is 17.2 Å². The fraction of sp³-hybridized carbons (Fsp3) is 0.250. The third-order valence-corrected chi connectivity index (χ3v) is 3.73. The van der Waals surface area contributed by atoms with Gasteiger partial charge in [-0.05, 0) is 23.6 Å². The number of rotatable bonds is 2. The van der Waals surface area contributed by atoms with Crippen LogP contribution in [0.3, 0.4) is 0 Å². The summed E-state index contributed by atoms with van der Waals surface area (Å²) in [5, 5.41) is 11.4. The Morgan fingerprint density at radius 3 is 2.35 bits per heavy atom. The van der Waals surface area contributed by atoms with E-state index in [9.17, 15) is 5.11 Å². The largest absolute Gasteiger partial charge is 0.504 e. The number of hydrogen-bond donors (Lipinski definition) is 1. The summed E-state index contributed by atoms with van der Waals surface area (Å²) in [5.74, 6) is 1.21. The lowest BCUT2D eigenvalue weighted by Crippen LogP contribution is -2.14. The number of ether oxygens (including phenoxy) is 1. The van der Waals surface area contributed by atoms with Crippen LogP contribution in [0.1, 0.15) is 26.3 Å². The van der Waals surface area contributed by atoms with Gasteiger partial charge >= 0.3 is 0 Å². The maximum absolute atomic E-state index is 9.94. The van der Waals surface area contributed by atoms with Gasteiger partial charge in [-0.3, -0.25) is 0 Å². The number of benzene rings is 2. The summed E-state index contributed by atoms with van der Waals surface area (Å²) in [5.41, 5.74) is 0.772. The predicted octanol–water partition coefficient (Wildman–Crippen LogP) is 4.64. The lowest BCUT2D eigenvalue weighted by atomic mass is 9.86. The summed E-state index contributed by atoms with van der Waals surface area (Å²) in [4.78, 5) is 0. The fourth-order valence-electron chi connectivity index (χ4n) is 2.08. The lowest BCUT2D eigenvalue weighted by molar-refractivity contribution is 0.405. The molecule has 0 aliphatic carbocycles. The van der Waals surface area contributed by atoms with Crippen LogP contribution in [0.4, 0.5) is 0 Å². The molecule has 2 aromatic rings. The average Bonchev–Trinajstić information content (AvgIpc) is 2.32. The molecule has 2 nitrogen and oxygen atoms in total. The van der Waals surface area contributed by atoms with E-state index >= 15 is 0 Å². The SMILES string of the molecule is CC(C)(C)c1c(Cl)cccc1Oc1c(O)cccc1P. The van der Waals surface area contributed by atoms with Crippen molar-refractivity contribution in [2.24, 2.45) is 0 Å². The topological polar surface area (TPSA) is 29.5 Å². The Balaban J connectivity index is 2.53. The van der Waals surface area contributed by atoms with E-state index < -0.39 is 0 Å². The summed E-state index contributed by atoms with van der Waals surface area (Å²) in [6.07, 6.45) is 0. The van der Waals surface area contributed by atoms with Crippen molar-refractivity contribution < 1.29 is 9.84 Å². The minimum atomic E-state index is -0.154. The quantitative estimate of drug-likeness (QED) is 0.819. The number of aromatic hydroxyl groups is 1. The molecule has 20 heavy (non-hydrogen) atoms. The standard InChI is InChI=1S/C16H18ClO2P/c1-16(2,3)14-10(17)6-4-8-12(14)19-15-11(18)7-5-9-13(15)20/h4-9,18H,20H2,1-3H3. The molecule has 1 atom stereocenters. The Labute approximate surface area is 126 Å². The Hall–Kier alpha value is -1.24. The van der Waals surface area contributed by atoms with Crippen LogP contribution in [0.15, 0.2) is 36.4 Å². The molecule has 4 heteroatoms. The van der Waals surface area contributed by atoms with E-state index in [1.54, 1.807) is 12.1 Å². The predicted molar refractivity (Wildman–Crippen MR) is 87.7 cm³/mol. The minimum Gasteiger partial charge on any atom is -0.504 e. The molecule has 0 amide bonds. The molecule has 0 saturated carbocycles. The highest BCUT2D eigenvalue weighted by molar-refractivity contribution is 7.27. The summed E-state index contributed by atoms with van der Waals surface area (Å²) in [6.45, 7) is 6.23. The summed E-state index contributed by atoms with van der Waals surface area (Å²) >= 11 is 6.31. The highest BCUT2D eigenvalue weighted by Gasteiger charge is 2.23. The van der Waals surface area contributed by atoms with Crippen LogP contribution in [-0.2, 0) is 5.41 Å². The van der Waals surface area contributed by atoms with Gasteiger partial charge in [0.15, 0.2) is 11.5 Å². The molecule has 106 valence electrons. The van der Waals surface area contributed by atoms with Crippen LogP contribution >= 0.6 is 20.8 Å². The molecule has 0 radical (unpaired) electrons. The molecule has 0 fully saturated rings. The first-order valence-electron chi connectivity index (χ1n) is 6.35. The third kappa shape index (κ3) is 3.08. The monoisotopic (exact) mass is 308 g/mol. The van der Waals surface area contributed by atoms with E-state index in [1.807, 2.05) is 24.3 Å². The van der Waals surface area contributed by atoms with E-state index in [2.05, 4.69) is 30.0 Å². The van der Waals surface area contributed by atoms with E-state index in [4.69, 9.17) is 16.3 Å². The third-order valence-electron chi connectivity index (χ3n) is 2.96. The van der Waals surface area contributed by atoms with Gasteiger partial charge in [-0.1, -0.05) is 50.6 Å². The minimum absolute atomic E-state index is 0.109. The molecular weight excluding hydrogens is 291 g/mol. The highest BCUT2D eigenvalue weighted by atomic mass is 35.5. The van der Waals surface area contributed by atoms with Crippen molar-refractivity contribution in [1.29, 1.82) is 0 Å². The Bertz CT molecular complexity index is 613. The Morgan fingerprint density at radius 1 is 1.10 bits per heavy atom. The van der Waals surface area contributed by atoms with Crippen molar-refractivity contribution >= 4 is 26.1 Å². The van der Waals surface area contributed by atoms with E-state index in [0.717, 1.165) is 10.9 Å². The van der Waals surface area contributed by atoms with Crippen LogP contribution in [0.2, 0.25) is 5.02 Å². The maximum Gasteiger partial charge on any atom is 0.176 e. The van der Waals surface area contributed by atoms with Gasteiger partial charge in [0, 0.05) is 15.9 Å². The van der Waals surface area contributed by atoms with Gasteiger partial charge in [0.05, 0.1) is 0 Å². The van der Waals surface area contributed by atoms with Gasteiger partial charge < -0.3 is 9.84 Å². The van der Waals surface area contributed by atoms with Crippen molar-refractivity contribution in [2.45, 2.75) is 26.2 Å². The van der Waals surface area contributed by atoms with Crippen molar-refractivity contribution in [3.63, 3.8) is 0 Å². The molecule has 0 aliphatic heterocycles. The van der Waals surface area contributed by atoms with Gasteiger partial charge in [0.1, 0.15) is 5.75 Å². The molecule has 0 aliphatic rings. The van der Waals surface area contributed by atoms with Crippen LogP contribution in [0.25, 0.3) is 0 Å². The summed E-state index contributed by atoms with van der Waals surface area (Å²) in [7, 11) is 2.56. The van der Waals surface area contributed by atoms with Gasteiger partial charge in [-0.2, -0.15) is 0 Å². The maximum atomic E-state index is 9.94. The van der Waals surface area contributed by atoms with Crippen LogP contribution in [-0.4, -0.2) is 5.11 Å². The van der Waals surface area contributed by atoms with Crippen molar-refractivity contribution in [2.75, 3.05) is 0 Å². The molecule has 0 aromatic heterocycles. The summed E-state index contributed by atoms with van der Waals surface area (Å²) in [6, 6.07) is 10.8. The normalized spacial score (nSPS) is 11.4. The molecule has 0 saturated heterocycles. The molecule has 1 N–H and O–H groups in total. The summed E-state index contributed by atoms with van der Waals surface area (Å²) < 4.78 is 5.92. The smallest absolute Gasteiger partial charge is 0.176 e. The van der Waals surface area contributed by atoms with Crippen molar-refractivity contribution in [3.05, 3.63) is 47.0 Å². The Kier molecular flexibility index (Phi) is 4.27. The number of halogens is 1. The fourth-order valence-corrected chi connectivity index (χ4v) is 2.85. The van der Waals surface area contributed by atoms with Crippen molar-refractivity contribution in [3.8, 4) is 17.2 Å². The first kappa shape index (κ1) is 15.2.